The summed E-state index contributed by atoms with van der Waals surface area (Å²) in [5.74, 6) is 1.46. The monoisotopic (exact) mass is 220 g/mol. The molecule has 88 valence electrons. The summed E-state index contributed by atoms with van der Waals surface area (Å²) in [6, 6.07) is 0. The van der Waals surface area contributed by atoms with Crippen LogP contribution >= 0.6 is 0 Å². The number of aromatic nitrogens is 2. The number of anilines is 1. The average Bonchev–Trinajstić information content (AvgIpc) is 2.30. The lowest BCUT2D eigenvalue weighted by atomic mass is 10.1. The van der Waals surface area contributed by atoms with Crippen LogP contribution in [0.25, 0.3) is 0 Å². The number of hydrogen-bond donors (Lipinski definition) is 0. The molecule has 1 aromatic heterocycles. The van der Waals surface area contributed by atoms with E-state index in [0.717, 1.165) is 37.7 Å². The van der Waals surface area contributed by atoms with Crippen molar-refractivity contribution in [1.82, 2.24) is 14.9 Å². The molecule has 4 nitrogen and oxygen atoms in total. The molecule has 0 radical (unpaired) electrons. The van der Waals surface area contributed by atoms with Crippen molar-refractivity contribution in [3.05, 3.63) is 18.1 Å². The third kappa shape index (κ3) is 2.50. The van der Waals surface area contributed by atoms with Gasteiger partial charge in [0.2, 0.25) is 0 Å². The molecule has 2 rings (SSSR count). The molecule has 1 fully saturated rings. The zero-order valence-electron chi connectivity index (χ0n) is 10.3. The van der Waals surface area contributed by atoms with Gasteiger partial charge in [0.25, 0.3) is 0 Å². The third-order valence-corrected chi connectivity index (χ3v) is 3.08. The highest BCUT2D eigenvalue weighted by Gasteiger charge is 2.15. The van der Waals surface area contributed by atoms with Crippen molar-refractivity contribution in [2.75, 3.05) is 38.1 Å². The Labute approximate surface area is 97.3 Å². The van der Waals surface area contributed by atoms with Gasteiger partial charge in [0.05, 0.1) is 18.1 Å². The molecular weight excluding hydrogens is 200 g/mol. The molecule has 0 unspecified atom stereocenters. The molecule has 0 aliphatic carbocycles. The summed E-state index contributed by atoms with van der Waals surface area (Å²) in [7, 11) is 2.16. The van der Waals surface area contributed by atoms with E-state index in [1.807, 2.05) is 12.4 Å². The summed E-state index contributed by atoms with van der Waals surface area (Å²) in [5.41, 5.74) is 1.07. The first-order valence-corrected chi connectivity index (χ1v) is 5.92. The smallest absolute Gasteiger partial charge is 0.147 e. The summed E-state index contributed by atoms with van der Waals surface area (Å²) in [4.78, 5) is 13.6. The lowest BCUT2D eigenvalue weighted by molar-refractivity contribution is 0.312. The van der Waals surface area contributed by atoms with Gasteiger partial charge in [-0.3, -0.25) is 4.98 Å². The van der Waals surface area contributed by atoms with E-state index < -0.39 is 0 Å². The van der Waals surface area contributed by atoms with E-state index in [0.29, 0.717) is 5.92 Å². The molecule has 1 saturated heterocycles. The SMILES string of the molecule is CC(C)c1cnc(N2CCN(C)CC2)cn1. The van der Waals surface area contributed by atoms with E-state index in [1.165, 1.54) is 0 Å². The molecule has 0 spiro atoms. The van der Waals surface area contributed by atoms with Crippen LogP contribution in [-0.2, 0) is 0 Å². The Hall–Kier alpha value is -1.16. The first-order chi connectivity index (χ1) is 7.66. The topological polar surface area (TPSA) is 32.3 Å². The molecule has 1 aliphatic rings. The van der Waals surface area contributed by atoms with E-state index in [4.69, 9.17) is 0 Å². The van der Waals surface area contributed by atoms with Crippen LogP contribution in [0.3, 0.4) is 0 Å². The van der Waals surface area contributed by atoms with Crippen LogP contribution in [0.2, 0.25) is 0 Å². The summed E-state index contributed by atoms with van der Waals surface area (Å²) < 4.78 is 0. The molecular formula is C12H20N4. The van der Waals surface area contributed by atoms with Crippen molar-refractivity contribution in [3.8, 4) is 0 Å². The highest BCUT2D eigenvalue weighted by molar-refractivity contribution is 5.36. The van der Waals surface area contributed by atoms with Crippen molar-refractivity contribution >= 4 is 5.82 Å². The van der Waals surface area contributed by atoms with Gasteiger partial charge in [0, 0.05) is 26.2 Å². The Morgan fingerprint density at radius 3 is 2.25 bits per heavy atom. The fraction of sp³-hybridized carbons (Fsp3) is 0.667. The van der Waals surface area contributed by atoms with Crippen molar-refractivity contribution in [1.29, 1.82) is 0 Å². The minimum absolute atomic E-state index is 0.453. The van der Waals surface area contributed by atoms with Gasteiger partial charge in [-0.15, -0.1) is 0 Å². The fourth-order valence-electron chi connectivity index (χ4n) is 1.83. The minimum atomic E-state index is 0.453. The van der Waals surface area contributed by atoms with Gasteiger partial charge in [-0.05, 0) is 13.0 Å². The van der Waals surface area contributed by atoms with Gasteiger partial charge in [-0.25, -0.2) is 4.98 Å². The van der Waals surface area contributed by atoms with Crippen LogP contribution in [0.5, 0.6) is 0 Å². The fourth-order valence-corrected chi connectivity index (χ4v) is 1.83. The van der Waals surface area contributed by atoms with Crippen molar-refractivity contribution in [2.45, 2.75) is 19.8 Å². The maximum atomic E-state index is 4.49. The van der Waals surface area contributed by atoms with E-state index in [9.17, 15) is 0 Å². The highest BCUT2D eigenvalue weighted by Crippen LogP contribution is 2.15. The number of likely N-dealkylation sites (N-methyl/N-ethyl adjacent to an activating group) is 1. The summed E-state index contributed by atoms with van der Waals surface area (Å²) in [6.07, 6.45) is 3.80. The molecule has 0 saturated carbocycles. The van der Waals surface area contributed by atoms with Crippen LogP contribution in [0.4, 0.5) is 5.82 Å². The van der Waals surface area contributed by atoms with Gasteiger partial charge in [-0.2, -0.15) is 0 Å². The molecule has 1 aliphatic heterocycles. The summed E-state index contributed by atoms with van der Waals surface area (Å²) in [6.45, 7) is 8.58. The Bertz CT molecular complexity index is 325. The van der Waals surface area contributed by atoms with Crippen molar-refractivity contribution in [3.63, 3.8) is 0 Å². The molecule has 1 aromatic rings. The van der Waals surface area contributed by atoms with Crippen LogP contribution < -0.4 is 4.90 Å². The quantitative estimate of drug-likeness (QED) is 0.753. The van der Waals surface area contributed by atoms with Crippen LogP contribution in [0.1, 0.15) is 25.5 Å². The number of piperazine rings is 1. The maximum absolute atomic E-state index is 4.49. The molecule has 0 aromatic carbocycles. The summed E-state index contributed by atoms with van der Waals surface area (Å²) >= 11 is 0. The zero-order chi connectivity index (χ0) is 11.5. The Morgan fingerprint density at radius 1 is 1.06 bits per heavy atom. The lowest BCUT2D eigenvalue weighted by Gasteiger charge is -2.33. The summed E-state index contributed by atoms with van der Waals surface area (Å²) in [5, 5.41) is 0. The van der Waals surface area contributed by atoms with Gasteiger partial charge in [0.15, 0.2) is 0 Å². The number of nitrogens with zero attached hydrogens (tertiary/aromatic N) is 4. The molecule has 2 heterocycles. The van der Waals surface area contributed by atoms with Crippen LogP contribution in [0, 0.1) is 0 Å². The lowest BCUT2D eigenvalue weighted by Crippen LogP contribution is -2.44. The predicted molar refractivity (Wildman–Crippen MR) is 65.8 cm³/mol. The average molecular weight is 220 g/mol. The van der Waals surface area contributed by atoms with E-state index >= 15 is 0 Å². The highest BCUT2D eigenvalue weighted by atomic mass is 15.3. The van der Waals surface area contributed by atoms with Gasteiger partial charge in [0.1, 0.15) is 5.82 Å². The largest absolute Gasteiger partial charge is 0.353 e. The standard InChI is InChI=1S/C12H20N4/c1-10(2)11-8-14-12(9-13-11)16-6-4-15(3)5-7-16/h8-10H,4-7H2,1-3H3. The maximum Gasteiger partial charge on any atom is 0.147 e. The second-order valence-electron chi connectivity index (χ2n) is 4.74. The van der Waals surface area contributed by atoms with E-state index in [1.54, 1.807) is 0 Å². The Morgan fingerprint density at radius 2 is 1.75 bits per heavy atom. The van der Waals surface area contributed by atoms with Gasteiger partial charge >= 0.3 is 0 Å². The van der Waals surface area contributed by atoms with Gasteiger partial charge < -0.3 is 9.80 Å². The molecule has 0 atom stereocenters. The Balaban J connectivity index is 2.04. The second kappa shape index (κ2) is 4.78. The molecule has 0 N–H and O–H groups in total. The molecule has 0 amide bonds. The zero-order valence-corrected chi connectivity index (χ0v) is 10.3. The first kappa shape index (κ1) is 11.3. The van der Waals surface area contributed by atoms with Crippen molar-refractivity contribution in [2.24, 2.45) is 0 Å². The molecule has 4 heteroatoms. The van der Waals surface area contributed by atoms with Crippen LogP contribution in [0.15, 0.2) is 12.4 Å². The van der Waals surface area contributed by atoms with E-state index in [2.05, 4.69) is 40.7 Å². The Kier molecular flexibility index (Phi) is 3.39. The van der Waals surface area contributed by atoms with Crippen LogP contribution in [-0.4, -0.2) is 48.1 Å². The first-order valence-electron chi connectivity index (χ1n) is 5.92. The molecule has 0 bridgehead atoms. The van der Waals surface area contributed by atoms with Crippen molar-refractivity contribution < 1.29 is 0 Å². The third-order valence-electron chi connectivity index (χ3n) is 3.08. The minimum Gasteiger partial charge on any atom is -0.353 e. The van der Waals surface area contributed by atoms with E-state index in [-0.39, 0.29) is 0 Å². The predicted octanol–water partition coefficient (Wildman–Crippen LogP) is 1.35. The molecule has 16 heavy (non-hydrogen) atoms. The number of hydrogen-bond acceptors (Lipinski definition) is 4. The number of rotatable bonds is 2. The van der Waals surface area contributed by atoms with Gasteiger partial charge in [-0.1, -0.05) is 13.8 Å². The second-order valence-corrected chi connectivity index (χ2v) is 4.74. The normalized spacial score (nSPS) is 18.1.